The summed E-state index contributed by atoms with van der Waals surface area (Å²) >= 11 is 6.19. The maximum absolute atomic E-state index is 13.4. The summed E-state index contributed by atoms with van der Waals surface area (Å²) in [5.74, 6) is 0.168. The van der Waals surface area contributed by atoms with Crippen LogP contribution in [-0.2, 0) is 6.42 Å². The molecule has 0 spiro atoms. The fourth-order valence-electron chi connectivity index (χ4n) is 2.08. The highest BCUT2D eigenvalue weighted by Crippen LogP contribution is 2.31. The van der Waals surface area contributed by atoms with Crippen LogP contribution >= 0.6 is 11.6 Å². The predicted octanol–water partition coefficient (Wildman–Crippen LogP) is 5.07. The van der Waals surface area contributed by atoms with Gasteiger partial charge in [-0.3, -0.25) is 0 Å². The largest absolute Gasteiger partial charge is 0.312 e. The second-order valence-corrected chi connectivity index (χ2v) is 8.04. The lowest BCUT2D eigenvalue weighted by atomic mass is 9.77. The van der Waals surface area contributed by atoms with E-state index in [-0.39, 0.29) is 16.8 Å². The molecule has 0 fully saturated rings. The summed E-state index contributed by atoms with van der Waals surface area (Å²) in [5.41, 5.74) is 1.10. The van der Waals surface area contributed by atoms with Gasteiger partial charge in [0.05, 0.1) is 0 Å². The minimum atomic E-state index is -0.221. The molecule has 0 aliphatic rings. The molecular formula is C17H27ClFN. The number of benzene rings is 1. The monoisotopic (exact) mass is 299 g/mol. The van der Waals surface area contributed by atoms with E-state index in [9.17, 15) is 4.39 Å². The fourth-order valence-corrected chi connectivity index (χ4v) is 2.27. The summed E-state index contributed by atoms with van der Waals surface area (Å²) in [6.07, 6.45) is 0.781. The lowest BCUT2D eigenvalue weighted by Crippen LogP contribution is -2.42. The Bertz CT molecular complexity index is 443. The Balaban J connectivity index is 2.87. The van der Waals surface area contributed by atoms with Crippen LogP contribution in [0.4, 0.5) is 4.39 Å². The highest BCUT2D eigenvalue weighted by molar-refractivity contribution is 6.31. The van der Waals surface area contributed by atoms with Crippen molar-refractivity contribution >= 4 is 11.6 Å². The molecule has 1 atom stereocenters. The van der Waals surface area contributed by atoms with Crippen molar-refractivity contribution in [3.63, 3.8) is 0 Å². The van der Waals surface area contributed by atoms with E-state index in [0.717, 1.165) is 18.5 Å². The number of rotatable bonds is 4. The molecule has 3 heteroatoms. The van der Waals surface area contributed by atoms with Gasteiger partial charge in [-0.1, -0.05) is 32.4 Å². The maximum Gasteiger partial charge on any atom is 0.123 e. The Morgan fingerprint density at radius 3 is 2.25 bits per heavy atom. The third-order valence-corrected chi connectivity index (χ3v) is 3.95. The Hall–Kier alpha value is -0.600. The van der Waals surface area contributed by atoms with Gasteiger partial charge in [0.1, 0.15) is 5.82 Å². The second-order valence-electron chi connectivity index (χ2n) is 7.63. The van der Waals surface area contributed by atoms with Crippen LogP contribution in [0, 0.1) is 17.2 Å². The topological polar surface area (TPSA) is 12.0 Å². The molecule has 0 bridgehead atoms. The van der Waals surface area contributed by atoms with E-state index >= 15 is 0 Å². The van der Waals surface area contributed by atoms with E-state index in [2.05, 4.69) is 46.9 Å². The maximum atomic E-state index is 13.4. The lowest BCUT2D eigenvalue weighted by Gasteiger charge is -2.34. The molecule has 0 aromatic heterocycles. The summed E-state index contributed by atoms with van der Waals surface area (Å²) in [5, 5.41) is 4.20. The average molecular weight is 300 g/mol. The van der Waals surface area contributed by atoms with E-state index in [1.807, 2.05) is 0 Å². The molecule has 0 aliphatic carbocycles. The number of halogens is 2. The standard InChI is InChI=1S/C17H27ClFN/c1-16(2,3)13(11-20-17(4,5)6)9-12-10-14(19)7-8-15(12)18/h7-8,10,13,20H,9,11H2,1-6H3. The number of hydrogen-bond acceptors (Lipinski definition) is 1. The summed E-state index contributed by atoms with van der Waals surface area (Å²) in [6.45, 7) is 14.0. The van der Waals surface area contributed by atoms with Crippen LogP contribution in [0.1, 0.15) is 47.1 Å². The molecule has 1 aromatic carbocycles. The molecule has 1 aromatic rings. The Kier molecular flexibility index (Phi) is 5.62. The van der Waals surface area contributed by atoms with E-state index in [0.29, 0.717) is 10.9 Å². The summed E-state index contributed by atoms with van der Waals surface area (Å²) in [7, 11) is 0. The zero-order valence-corrected chi connectivity index (χ0v) is 14.2. The molecule has 0 aliphatic heterocycles. The van der Waals surface area contributed by atoms with Crippen LogP contribution in [0.5, 0.6) is 0 Å². The molecule has 20 heavy (non-hydrogen) atoms. The zero-order valence-electron chi connectivity index (χ0n) is 13.5. The van der Waals surface area contributed by atoms with Crippen LogP contribution in [0.25, 0.3) is 0 Å². The zero-order chi connectivity index (χ0) is 15.6. The lowest BCUT2D eigenvalue weighted by molar-refractivity contribution is 0.214. The first-order chi connectivity index (χ1) is 8.99. The highest BCUT2D eigenvalue weighted by atomic mass is 35.5. The third-order valence-electron chi connectivity index (χ3n) is 3.58. The van der Waals surface area contributed by atoms with Crippen molar-refractivity contribution in [3.8, 4) is 0 Å². The summed E-state index contributed by atoms with van der Waals surface area (Å²) in [6, 6.07) is 4.60. The van der Waals surface area contributed by atoms with E-state index < -0.39 is 0 Å². The van der Waals surface area contributed by atoms with Crippen molar-refractivity contribution in [1.82, 2.24) is 5.32 Å². The van der Waals surface area contributed by atoms with Crippen molar-refractivity contribution in [3.05, 3.63) is 34.6 Å². The predicted molar refractivity (Wildman–Crippen MR) is 85.8 cm³/mol. The van der Waals surface area contributed by atoms with Gasteiger partial charge in [0.25, 0.3) is 0 Å². The van der Waals surface area contributed by atoms with Crippen LogP contribution in [0.3, 0.4) is 0 Å². The molecule has 1 rings (SSSR count). The van der Waals surface area contributed by atoms with Crippen LogP contribution in [0.2, 0.25) is 5.02 Å². The highest BCUT2D eigenvalue weighted by Gasteiger charge is 2.26. The first-order valence-corrected chi connectivity index (χ1v) is 7.56. The quantitative estimate of drug-likeness (QED) is 0.818. The van der Waals surface area contributed by atoms with Gasteiger partial charge >= 0.3 is 0 Å². The minimum Gasteiger partial charge on any atom is -0.312 e. The van der Waals surface area contributed by atoms with Crippen molar-refractivity contribution in [1.29, 1.82) is 0 Å². The van der Waals surface area contributed by atoms with Gasteiger partial charge in [0.2, 0.25) is 0 Å². The second kappa shape index (κ2) is 6.44. The van der Waals surface area contributed by atoms with E-state index in [1.165, 1.54) is 6.07 Å². The molecule has 114 valence electrons. The number of hydrogen-bond donors (Lipinski definition) is 1. The van der Waals surface area contributed by atoms with Crippen molar-refractivity contribution < 1.29 is 4.39 Å². The first kappa shape index (κ1) is 17.5. The van der Waals surface area contributed by atoms with Crippen LogP contribution in [-0.4, -0.2) is 12.1 Å². The van der Waals surface area contributed by atoms with E-state index in [1.54, 1.807) is 12.1 Å². The average Bonchev–Trinajstić information content (AvgIpc) is 2.25. The molecule has 0 saturated carbocycles. The van der Waals surface area contributed by atoms with Crippen LogP contribution < -0.4 is 5.32 Å². The third kappa shape index (κ3) is 5.80. The molecular weight excluding hydrogens is 273 g/mol. The van der Waals surface area contributed by atoms with Gasteiger partial charge in [-0.25, -0.2) is 4.39 Å². The van der Waals surface area contributed by atoms with Gasteiger partial charge < -0.3 is 5.32 Å². The first-order valence-electron chi connectivity index (χ1n) is 7.18. The molecule has 1 nitrogen and oxygen atoms in total. The van der Waals surface area contributed by atoms with Gasteiger partial charge in [0.15, 0.2) is 0 Å². The molecule has 0 radical (unpaired) electrons. The van der Waals surface area contributed by atoms with Gasteiger partial charge in [-0.05, 0) is 68.8 Å². The van der Waals surface area contributed by atoms with Gasteiger partial charge in [-0.2, -0.15) is 0 Å². The Morgan fingerprint density at radius 2 is 1.75 bits per heavy atom. The molecule has 1 unspecified atom stereocenters. The number of nitrogens with one attached hydrogen (secondary N) is 1. The summed E-state index contributed by atoms with van der Waals surface area (Å²) in [4.78, 5) is 0. The Morgan fingerprint density at radius 1 is 1.15 bits per heavy atom. The van der Waals surface area contributed by atoms with E-state index in [4.69, 9.17) is 11.6 Å². The smallest absolute Gasteiger partial charge is 0.123 e. The fraction of sp³-hybridized carbons (Fsp3) is 0.647. The molecule has 1 N–H and O–H groups in total. The molecule has 0 amide bonds. The minimum absolute atomic E-state index is 0.0786. The van der Waals surface area contributed by atoms with Crippen LogP contribution in [0.15, 0.2) is 18.2 Å². The van der Waals surface area contributed by atoms with Gasteiger partial charge in [-0.15, -0.1) is 0 Å². The molecule has 0 saturated heterocycles. The molecule has 0 heterocycles. The summed E-state index contributed by atoms with van der Waals surface area (Å²) < 4.78 is 13.4. The SMILES string of the molecule is CC(C)(C)NCC(Cc1cc(F)ccc1Cl)C(C)(C)C. The van der Waals surface area contributed by atoms with Crippen molar-refractivity contribution in [2.45, 2.75) is 53.5 Å². The Labute approximate surface area is 127 Å². The van der Waals surface area contributed by atoms with Crippen molar-refractivity contribution in [2.24, 2.45) is 11.3 Å². The van der Waals surface area contributed by atoms with Gasteiger partial charge in [0, 0.05) is 10.6 Å². The normalized spacial score (nSPS) is 14.4. The van der Waals surface area contributed by atoms with Crippen molar-refractivity contribution in [2.75, 3.05) is 6.54 Å².